The quantitative estimate of drug-likeness (QED) is 0.703. The number of carboxylic acid groups (broad SMARTS) is 1. The average molecular weight is 389 g/mol. The van der Waals surface area contributed by atoms with Crippen molar-refractivity contribution in [2.75, 3.05) is 13.2 Å². The van der Waals surface area contributed by atoms with Gasteiger partial charge in [-0.15, -0.1) is 0 Å². The summed E-state index contributed by atoms with van der Waals surface area (Å²) in [5.41, 5.74) is 1.75. The summed E-state index contributed by atoms with van der Waals surface area (Å²) < 4.78 is 7.31. The molecule has 4 rings (SSSR count). The number of hydrogen-bond donors (Lipinski definition) is 2. The Morgan fingerprint density at radius 2 is 2.11 bits per heavy atom. The molecule has 1 aromatic carbocycles. The van der Waals surface area contributed by atoms with Gasteiger partial charge in [-0.05, 0) is 30.7 Å². The predicted octanol–water partition coefficient (Wildman–Crippen LogP) is 2.81. The number of benzene rings is 1. The van der Waals surface area contributed by atoms with Gasteiger partial charge < -0.3 is 14.8 Å². The van der Waals surface area contributed by atoms with Gasteiger partial charge in [-0.1, -0.05) is 23.7 Å². The lowest BCUT2D eigenvalue weighted by Gasteiger charge is -2.37. The third-order valence-electron chi connectivity index (χ3n) is 4.71. The lowest BCUT2D eigenvalue weighted by atomic mass is 10.0. The number of carbonyl (C=O) groups is 1. The molecule has 1 saturated heterocycles. The van der Waals surface area contributed by atoms with Crippen molar-refractivity contribution < 1.29 is 14.6 Å². The topological polar surface area (TPSA) is 100 Å². The van der Waals surface area contributed by atoms with E-state index in [1.165, 1.54) is 11.2 Å². The molecule has 0 bridgehead atoms. The molecule has 1 amide bonds. The van der Waals surface area contributed by atoms with E-state index in [-0.39, 0.29) is 17.7 Å². The fraction of sp³-hybridized carbons (Fsp3) is 0.278. The predicted molar refractivity (Wildman–Crippen MR) is 99.6 cm³/mol. The molecule has 3 heterocycles. The highest BCUT2D eigenvalue weighted by Crippen LogP contribution is 2.29. The average Bonchev–Trinajstić information content (AvgIpc) is 2.99. The van der Waals surface area contributed by atoms with Crippen LogP contribution in [0, 0.1) is 0 Å². The highest BCUT2D eigenvalue weighted by atomic mass is 35.5. The van der Waals surface area contributed by atoms with E-state index in [0.29, 0.717) is 29.3 Å². The van der Waals surface area contributed by atoms with Gasteiger partial charge in [-0.25, -0.2) is 9.78 Å². The van der Waals surface area contributed by atoms with Gasteiger partial charge in [0.05, 0.1) is 37.0 Å². The van der Waals surface area contributed by atoms with Gasteiger partial charge in [0.15, 0.2) is 5.65 Å². The number of H-pyrrole nitrogens is 1. The van der Waals surface area contributed by atoms with Crippen molar-refractivity contribution in [1.82, 2.24) is 19.4 Å². The molecule has 0 spiro atoms. The molecular weight excluding hydrogens is 372 g/mol. The van der Waals surface area contributed by atoms with E-state index in [0.717, 1.165) is 11.3 Å². The smallest absolute Gasteiger partial charge is 0.407 e. The minimum absolute atomic E-state index is 0.133. The van der Waals surface area contributed by atoms with E-state index in [1.807, 2.05) is 31.2 Å². The Labute approximate surface area is 159 Å². The number of amides is 1. The van der Waals surface area contributed by atoms with Crippen LogP contribution in [-0.2, 0) is 4.74 Å². The maximum atomic E-state index is 11.9. The van der Waals surface area contributed by atoms with Crippen LogP contribution in [0.15, 0.2) is 41.5 Å². The zero-order valence-electron chi connectivity index (χ0n) is 14.4. The van der Waals surface area contributed by atoms with Gasteiger partial charge in [0.2, 0.25) is 0 Å². The van der Waals surface area contributed by atoms with E-state index >= 15 is 0 Å². The molecule has 2 N–H and O–H groups in total. The summed E-state index contributed by atoms with van der Waals surface area (Å²) >= 11 is 6.31. The number of fused-ring (bicyclic) bond motifs is 1. The fourth-order valence-electron chi connectivity index (χ4n) is 3.38. The van der Waals surface area contributed by atoms with Gasteiger partial charge in [0.1, 0.15) is 5.15 Å². The van der Waals surface area contributed by atoms with Crippen LogP contribution in [0.25, 0.3) is 16.7 Å². The molecule has 0 radical (unpaired) electrons. The van der Waals surface area contributed by atoms with E-state index in [9.17, 15) is 14.7 Å². The molecule has 1 aliphatic heterocycles. The van der Waals surface area contributed by atoms with E-state index in [2.05, 4.69) is 9.97 Å². The van der Waals surface area contributed by atoms with Crippen molar-refractivity contribution in [3.05, 3.63) is 57.7 Å². The first-order valence-corrected chi connectivity index (χ1v) is 8.79. The van der Waals surface area contributed by atoms with Crippen molar-refractivity contribution in [2.45, 2.75) is 19.1 Å². The number of nitrogens with zero attached hydrogens (tertiary/aromatic N) is 3. The Morgan fingerprint density at radius 1 is 1.37 bits per heavy atom. The lowest BCUT2D eigenvalue weighted by Crippen LogP contribution is -2.46. The van der Waals surface area contributed by atoms with E-state index < -0.39 is 6.09 Å². The van der Waals surface area contributed by atoms with Crippen LogP contribution >= 0.6 is 11.6 Å². The zero-order valence-corrected chi connectivity index (χ0v) is 15.2. The molecule has 3 aromatic rings. The van der Waals surface area contributed by atoms with Crippen molar-refractivity contribution in [1.29, 1.82) is 0 Å². The summed E-state index contributed by atoms with van der Waals surface area (Å²) in [6.45, 7) is 2.47. The minimum Gasteiger partial charge on any atom is -0.465 e. The third kappa shape index (κ3) is 3.07. The summed E-state index contributed by atoms with van der Waals surface area (Å²) in [6, 6.07) is 8.52. The van der Waals surface area contributed by atoms with Crippen molar-refractivity contribution in [3.63, 3.8) is 0 Å². The Kier molecular flexibility index (Phi) is 4.37. The molecule has 140 valence electrons. The molecule has 9 heteroatoms. The monoisotopic (exact) mass is 388 g/mol. The lowest BCUT2D eigenvalue weighted by molar-refractivity contribution is -0.0465. The molecule has 0 unspecified atom stereocenters. The number of aromatic nitrogens is 3. The van der Waals surface area contributed by atoms with Crippen molar-refractivity contribution in [3.8, 4) is 5.69 Å². The first kappa shape index (κ1) is 17.6. The largest absolute Gasteiger partial charge is 0.465 e. The number of aromatic amines is 1. The Morgan fingerprint density at radius 3 is 2.81 bits per heavy atom. The van der Waals surface area contributed by atoms with Gasteiger partial charge in [-0.2, -0.15) is 0 Å². The number of halogens is 1. The van der Waals surface area contributed by atoms with Gasteiger partial charge in [0.25, 0.3) is 5.56 Å². The second-order valence-corrected chi connectivity index (χ2v) is 6.84. The highest BCUT2D eigenvalue weighted by molar-refractivity contribution is 6.31. The number of morpholine rings is 1. The Hall–Kier alpha value is -2.84. The molecule has 0 saturated carbocycles. The van der Waals surface area contributed by atoms with Crippen LogP contribution in [0.5, 0.6) is 0 Å². The molecule has 2 aromatic heterocycles. The standard InChI is InChI=1S/C18H17ClN4O4/c1-10-7-22(18(25)26)14(8-27-10)11-2-4-12(5-3-11)23-15(19)6-13-16(23)20-9-21-17(13)24/h2-6,9-10,14H,7-8H2,1H3,(H,25,26)(H,20,21,24)/t10-,14-/m1/s1. The second kappa shape index (κ2) is 6.71. The van der Waals surface area contributed by atoms with Gasteiger partial charge in [-0.3, -0.25) is 14.3 Å². The van der Waals surface area contributed by atoms with Crippen LogP contribution in [0.2, 0.25) is 5.15 Å². The molecular formula is C18H17ClN4O4. The minimum atomic E-state index is -0.970. The second-order valence-electron chi connectivity index (χ2n) is 6.46. The number of rotatable bonds is 2. The highest BCUT2D eigenvalue weighted by Gasteiger charge is 2.31. The number of ether oxygens (including phenoxy) is 1. The molecule has 1 fully saturated rings. The van der Waals surface area contributed by atoms with Crippen LogP contribution < -0.4 is 5.56 Å². The normalized spacial score (nSPS) is 20.1. The first-order chi connectivity index (χ1) is 13.0. The molecule has 8 nitrogen and oxygen atoms in total. The van der Waals surface area contributed by atoms with Gasteiger partial charge in [0, 0.05) is 5.69 Å². The Bertz CT molecular complexity index is 1060. The molecule has 0 aliphatic carbocycles. The SMILES string of the molecule is C[C@@H]1CN(C(=O)O)[C@@H](c2ccc(-n3c(Cl)cc4c(=O)[nH]cnc43)cc2)CO1. The fourth-order valence-corrected chi connectivity index (χ4v) is 3.66. The summed E-state index contributed by atoms with van der Waals surface area (Å²) in [6.07, 6.45) is 0.227. The van der Waals surface area contributed by atoms with Crippen LogP contribution in [0.3, 0.4) is 0 Å². The molecule has 2 atom stereocenters. The maximum Gasteiger partial charge on any atom is 0.407 e. The summed E-state index contributed by atoms with van der Waals surface area (Å²) in [4.78, 5) is 31.6. The molecule has 27 heavy (non-hydrogen) atoms. The van der Waals surface area contributed by atoms with Crippen molar-refractivity contribution in [2.24, 2.45) is 0 Å². The van der Waals surface area contributed by atoms with Crippen molar-refractivity contribution >= 4 is 28.7 Å². The van der Waals surface area contributed by atoms with Crippen LogP contribution in [0.1, 0.15) is 18.5 Å². The maximum absolute atomic E-state index is 11.9. The molecule has 1 aliphatic rings. The van der Waals surface area contributed by atoms with Crippen LogP contribution in [0.4, 0.5) is 4.79 Å². The number of hydrogen-bond acceptors (Lipinski definition) is 4. The number of nitrogens with one attached hydrogen (secondary N) is 1. The summed E-state index contributed by atoms with van der Waals surface area (Å²) in [5.74, 6) is 0. The zero-order chi connectivity index (χ0) is 19.1. The third-order valence-corrected chi connectivity index (χ3v) is 4.99. The van der Waals surface area contributed by atoms with E-state index in [4.69, 9.17) is 16.3 Å². The first-order valence-electron chi connectivity index (χ1n) is 8.42. The summed E-state index contributed by atoms with van der Waals surface area (Å²) in [5, 5.41) is 10.2. The van der Waals surface area contributed by atoms with E-state index in [1.54, 1.807) is 10.6 Å². The van der Waals surface area contributed by atoms with Crippen LogP contribution in [-0.4, -0.2) is 49.9 Å². The summed E-state index contributed by atoms with van der Waals surface area (Å²) in [7, 11) is 0. The van der Waals surface area contributed by atoms with Gasteiger partial charge >= 0.3 is 6.09 Å². The Balaban J connectivity index is 1.71.